The fraction of sp³-hybridized carbons (Fsp3) is 0.312. The molecule has 0 amide bonds. The van der Waals surface area contributed by atoms with E-state index >= 15 is 0 Å². The van der Waals surface area contributed by atoms with Gasteiger partial charge in [0.25, 0.3) is 0 Å². The van der Waals surface area contributed by atoms with Crippen molar-refractivity contribution in [1.29, 1.82) is 0 Å². The Kier molecular flexibility index (Phi) is 3.47. The van der Waals surface area contributed by atoms with Gasteiger partial charge in [-0.25, -0.2) is 0 Å². The van der Waals surface area contributed by atoms with Crippen LogP contribution in [-0.2, 0) is 0 Å². The first-order valence-electron chi connectivity index (χ1n) is 6.82. The molecule has 0 fully saturated rings. The quantitative estimate of drug-likeness (QED) is 0.826. The molecule has 0 atom stereocenters. The Hall–Kier alpha value is -1.87. The van der Waals surface area contributed by atoms with Crippen molar-refractivity contribution in [2.24, 2.45) is 0 Å². The Labute approximate surface area is 113 Å². The maximum atomic E-state index is 4.57. The van der Waals surface area contributed by atoms with Gasteiger partial charge in [-0.05, 0) is 32.0 Å². The van der Waals surface area contributed by atoms with E-state index in [-0.39, 0.29) is 0 Å². The van der Waals surface area contributed by atoms with Gasteiger partial charge in [-0.15, -0.1) is 0 Å². The Balaban J connectivity index is 1.85. The van der Waals surface area contributed by atoms with Crippen LogP contribution in [-0.4, -0.2) is 24.6 Å². The summed E-state index contributed by atoms with van der Waals surface area (Å²) in [6.45, 7) is 5.05. The van der Waals surface area contributed by atoms with Crippen LogP contribution >= 0.6 is 0 Å². The number of aryl methyl sites for hydroxylation is 1. The van der Waals surface area contributed by atoms with Gasteiger partial charge >= 0.3 is 0 Å². The lowest BCUT2D eigenvalue weighted by Crippen LogP contribution is -2.23. The van der Waals surface area contributed by atoms with Gasteiger partial charge in [-0.1, -0.05) is 29.8 Å². The molecule has 0 saturated heterocycles. The SMILES string of the molecule is Cc1cc(NCC2=CCNCC2)c2ccccc2n1. The van der Waals surface area contributed by atoms with Crippen LogP contribution < -0.4 is 10.6 Å². The predicted molar refractivity (Wildman–Crippen MR) is 80.5 cm³/mol. The van der Waals surface area contributed by atoms with Gasteiger partial charge in [-0.3, -0.25) is 4.98 Å². The van der Waals surface area contributed by atoms with Gasteiger partial charge in [0.1, 0.15) is 0 Å². The normalized spacial score (nSPS) is 15.3. The van der Waals surface area contributed by atoms with E-state index in [9.17, 15) is 0 Å². The third-order valence-electron chi connectivity index (χ3n) is 3.51. The van der Waals surface area contributed by atoms with Crippen molar-refractivity contribution >= 4 is 16.6 Å². The van der Waals surface area contributed by atoms with Gasteiger partial charge in [-0.2, -0.15) is 0 Å². The molecule has 3 rings (SSSR count). The monoisotopic (exact) mass is 253 g/mol. The van der Waals surface area contributed by atoms with Crippen LogP contribution in [0.5, 0.6) is 0 Å². The van der Waals surface area contributed by atoms with E-state index in [1.54, 1.807) is 0 Å². The molecule has 1 aromatic carbocycles. The lowest BCUT2D eigenvalue weighted by Gasteiger charge is -2.16. The van der Waals surface area contributed by atoms with Crippen LogP contribution in [0.15, 0.2) is 42.0 Å². The second kappa shape index (κ2) is 5.41. The highest BCUT2D eigenvalue weighted by molar-refractivity contribution is 5.91. The van der Waals surface area contributed by atoms with Gasteiger partial charge in [0.2, 0.25) is 0 Å². The van der Waals surface area contributed by atoms with Crippen molar-refractivity contribution in [3.63, 3.8) is 0 Å². The molecule has 3 heteroatoms. The predicted octanol–water partition coefficient (Wildman–Crippen LogP) is 2.87. The second-order valence-electron chi connectivity index (χ2n) is 5.00. The molecule has 0 saturated carbocycles. The van der Waals surface area contributed by atoms with E-state index in [0.717, 1.165) is 37.3 Å². The standard InChI is InChI=1S/C16H19N3/c1-12-10-16(14-4-2-3-5-15(14)19-12)18-11-13-6-8-17-9-7-13/h2-6,10,17H,7-9,11H2,1H3,(H,18,19). The molecule has 1 aliphatic heterocycles. The lowest BCUT2D eigenvalue weighted by molar-refractivity contribution is 0.698. The fourth-order valence-electron chi connectivity index (χ4n) is 2.49. The molecule has 2 N–H and O–H groups in total. The van der Waals surface area contributed by atoms with E-state index in [0.29, 0.717) is 0 Å². The van der Waals surface area contributed by atoms with Crippen LogP contribution in [0.3, 0.4) is 0 Å². The van der Waals surface area contributed by atoms with E-state index < -0.39 is 0 Å². The van der Waals surface area contributed by atoms with Crippen molar-refractivity contribution in [1.82, 2.24) is 10.3 Å². The van der Waals surface area contributed by atoms with E-state index in [1.165, 1.54) is 16.6 Å². The number of nitrogens with zero attached hydrogens (tertiary/aromatic N) is 1. The molecule has 0 spiro atoms. The number of anilines is 1. The molecule has 0 bridgehead atoms. The summed E-state index contributed by atoms with van der Waals surface area (Å²) in [7, 11) is 0. The first kappa shape index (κ1) is 12.2. The molecular weight excluding hydrogens is 234 g/mol. The van der Waals surface area contributed by atoms with Gasteiger partial charge in [0.15, 0.2) is 0 Å². The molecule has 1 aliphatic rings. The average Bonchev–Trinajstić information content (AvgIpc) is 2.45. The first-order chi connectivity index (χ1) is 9.33. The van der Waals surface area contributed by atoms with Gasteiger partial charge in [0, 0.05) is 29.9 Å². The topological polar surface area (TPSA) is 37.0 Å². The summed E-state index contributed by atoms with van der Waals surface area (Å²) in [6, 6.07) is 10.4. The van der Waals surface area contributed by atoms with Crippen molar-refractivity contribution in [2.75, 3.05) is 25.0 Å². The zero-order valence-electron chi connectivity index (χ0n) is 11.2. The van der Waals surface area contributed by atoms with Crippen LogP contribution in [0, 0.1) is 6.92 Å². The minimum absolute atomic E-state index is 0.926. The molecule has 3 nitrogen and oxygen atoms in total. The fourth-order valence-corrected chi connectivity index (χ4v) is 2.49. The number of nitrogens with one attached hydrogen (secondary N) is 2. The number of hydrogen-bond acceptors (Lipinski definition) is 3. The Morgan fingerprint density at radius 1 is 1.32 bits per heavy atom. The molecule has 0 unspecified atom stereocenters. The zero-order chi connectivity index (χ0) is 13.1. The molecule has 98 valence electrons. The summed E-state index contributed by atoms with van der Waals surface area (Å²) in [5, 5.41) is 8.10. The molecule has 0 radical (unpaired) electrons. The number of hydrogen-bond donors (Lipinski definition) is 2. The van der Waals surface area contributed by atoms with Crippen molar-refractivity contribution < 1.29 is 0 Å². The lowest BCUT2D eigenvalue weighted by atomic mass is 10.1. The van der Waals surface area contributed by atoms with Crippen LogP contribution in [0.1, 0.15) is 12.1 Å². The molecule has 1 aromatic heterocycles. The Morgan fingerprint density at radius 2 is 2.21 bits per heavy atom. The zero-order valence-corrected chi connectivity index (χ0v) is 11.2. The summed E-state index contributed by atoms with van der Waals surface area (Å²) >= 11 is 0. The maximum absolute atomic E-state index is 4.57. The number of para-hydroxylation sites is 1. The third kappa shape index (κ3) is 2.76. The summed E-state index contributed by atoms with van der Waals surface area (Å²) in [5.41, 5.74) is 4.78. The number of rotatable bonds is 3. The Morgan fingerprint density at radius 3 is 3.05 bits per heavy atom. The van der Waals surface area contributed by atoms with Crippen LogP contribution in [0.25, 0.3) is 10.9 Å². The molecule has 19 heavy (non-hydrogen) atoms. The highest BCUT2D eigenvalue weighted by Gasteiger charge is 2.06. The minimum Gasteiger partial charge on any atom is -0.381 e. The summed E-state index contributed by atoms with van der Waals surface area (Å²) in [6.07, 6.45) is 3.42. The summed E-state index contributed by atoms with van der Waals surface area (Å²) in [4.78, 5) is 4.57. The molecular formula is C16H19N3. The van der Waals surface area contributed by atoms with E-state index in [4.69, 9.17) is 0 Å². The van der Waals surface area contributed by atoms with Gasteiger partial charge < -0.3 is 10.6 Å². The highest BCUT2D eigenvalue weighted by atomic mass is 14.9. The maximum Gasteiger partial charge on any atom is 0.0725 e. The Bertz CT molecular complexity index is 616. The van der Waals surface area contributed by atoms with Gasteiger partial charge in [0.05, 0.1) is 5.52 Å². The van der Waals surface area contributed by atoms with Crippen molar-refractivity contribution in [2.45, 2.75) is 13.3 Å². The highest BCUT2D eigenvalue weighted by Crippen LogP contribution is 2.23. The second-order valence-corrected chi connectivity index (χ2v) is 5.00. The van der Waals surface area contributed by atoms with E-state index in [1.807, 2.05) is 13.0 Å². The largest absolute Gasteiger partial charge is 0.381 e. The number of pyridine rings is 1. The molecule has 2 heterocycles. The third-order valence-corrected chi connectivity index (χ3v) is 3.51. The number of aromatic nitrogens is 1. The van der Waals surface area contributed by atoms with Crippen LogP contribution in [0.4, 0.5) is 5.69 Å². The smallest absolute Gasteiger partial charge is 0.0725 e. The average molecular weight is 253 g/mol. The van der Waals surface area contributed by atoms with Crippen molar-refractivity contribution in [3.05, 3.63) is 47.7 Å². The van der Waals surface area contributed by atoms with Crippen molar-refractivity contribution in [3.8, 4) is 0 Å². The van der Waals surface area contributed by atoms with Crippen LogP contribution in [0.2, 0.25) is 0 Å². The molecule has 2 aromatic rings. The summed E-state index contributed by atoms with van der Waals surface area (Å²) in [5.74, 6) is 0. The number of benzene rings is 1. The number of fused-ring (bicyclic) bond motifs is 1. The van der Waals surface area contributed by atoms with E-state index in [2.05, 4.69) is 46.0 Å². The minimum atomic E-state index is 0.926. The summed E-state index contributed by atoms with van der Waals surface area (Å²) < 4.78 is 0. The first-order valence-corrected chi connectivity index (χ1v) is 6.82. The molecule has 0 aliphatic carbocycles.